The summed E-state index contributed by atoms with van der Waals surface area (Å²) in [6.07, 6.45) is -3.70. The minimum absolute atomic E-state index is 0.355. The number of sulfone groups is 1. The topological polar surface area (TPSA) is 63.2 Å². The zero-order valence-electron chi connectivity index (χ0n) is 10.3. The Labute approximate surface area is 117 Å². The Balaban J connectivity index is 2.19. The van der Waals surface area contributed by atoms with Gasteiger partial charge in [0.1, 0.15) is 5.82 Å². The predicted molar refractivity (Wildman–Crippen MR) is 65.6 cm³/mol. The van der Waals surface area contributed by atoms with Crippen molar-refractivity contribution in [3.05, 3.63) is 46.6 Å². The quantitative estimate of drug-likeness (QED) is 0.846. The number of hydrogen-bond donors (Lipinski definition) is 1. The maximum atomic E-state index is 13.1. The van der Waals surface area contributed by atoms with Crippen LogP contribution < -0.4 is 5.32 Å². The van der Waals surface area contributed by atoms with Gasteiger partial charge in [-0.25, -0.2) is 12.8 Å². The molecule has 0 bridgehead atoms. The Bertz CT molecular complexity index is 710. The summed E-state index contributed by atoms with van der Waals surface area (Å²) in [6, 6.07) is 1.01. The SMILES string of the molecule is O=C(NC1C=CS(=O)(=O)C1)c1ccc(F)c(C(F)(F)F)c1. The summed E-state index contributed by atoms with van der Waals surface area (Å²) in [6.45, 7) is 0. The van der Waals surface area contributed by atoms with Crippen molar-refractivity contribution >= 4 is 15.7 Å². The lowest BCUT2D eigenvalue weighted by atomic mass is 10.1. The molecular formula is C12H9F4NO3S. The first kappa shape index (κ1) is 15.5. The Kier molecular flexibility index (Phi) is 3.79. The van der Waals surface area contributed by atoms with Gasteiger partial charge in [-0.3, -0.25) is 4.79 Å². The minimum atomic E-state index is -4.92. The van der Waals surface area contributed by atoms with Gasteiger partial charge in [0, 0.05) is 11.0 Å². The second-order valence-electron chi connectivity index (χ2n) is 4.43. The van der Waals surface area contributed by atoms with Gasteiger partial charge in [0.25, 0.3) is 5.91 Å². The summed E-state index contributed by atoms with van der Waals surface area (Å²) in [5.74, 6) is -2.75. The molecule has 21 heavy (non-hydrogen) atoms. The van der Waals surface area contributed by atoms with Gasteiger partial charge < -0.3 is 5.32 Å². The molecule has 0 radical (unpaired) electrons. The van der Waals surface area contributed by atoms with E-state index in [1.807, 2.05) is 0 Å². The van der Waals surface area contributed by atoms with Crippen LogP contribution in [-0.4, -0.2) is 26.1 Å². The first-order chi connectivity index (χ1) is 9.58. The van der Waals surface area contributed by atoms with E-state index in [4.69, 9.17) is 0 Å². The second kappa shape index (κ2) is 5.14. The molecule has 4 nitrogen and oxygen atoms in total. The van der Waals surface area contributed by atoms with Crippen molar-refractivity contribution in [1.29, 1.82) is 0 Å². The molecule has 1 aromatic rings. The summed E-state index contributed by atoms with van der Waals surface area (Å²) in [4.78, 5) is 11.8. The molecule has 1 aromatic carbocycles. The Morgan fingerprint density at radius 1 is 1.29 bits per heavy atom. The lowest BCUT2D eigenvalue weighted by Crippen LogP contribution is -2.35. The molecule has 0 aliphatic carbocycles. The molecule has 1 atom stereocenters. The number of carbonyl (C=O) groups excluding carboxylic acids is 1. The standard InChI is InChI=1S/C12H9F4NO3S/c13-10-2-1-7(5-9(10)12(14,15)16)11(18)17-8-3-4-21(19,20)6-8/h1-5,8H,6H2,(H,17,18). The van der Waals surface area contributed by atoms with E-state index in [-0.39, 0.29) is 5.75 Å². The van der Waals surface area contributed by atoms with Gasteiger partial charge in [-0.05, 0) is 24.3 Å². The van der Waals surface area contributed by atoms with E-state index >= 15 is 0 Å². The highest BCUT2D eigenvalue weighted by atomic mass is 32.2. The average Bonchev–Trinajstić information content (AvgIpc) is 2.67. The number of hydrogen-bond acceptors (Lipinski definition) is 3. The van der Waals surface area contributed by atoms with E-state index in [0.29, 0.717) is 12.1 Å². The van der Waals surface area contributed by atoms with Crippen LogP contribution >= 0.6 is 0 Å². The van der Waals surface area contributed by atoms with E-state index in [1.54, 1.807) is 0 Å². The van der Waals surface area contributed by atoms with Gasteiger partial charge in [-0.2, -0.15) is 13.2 Å². The Morgan fingerprint density at radius 2 is 1.95 bits per heavy atom. The zero-order chi connectivity index (χ0) is 15.8. The highest BCUT2D eigenvalue weighted by Crippen LogP contribution is 2.31. The molecule has 0 fully saturated rings. The highest BCUT2D eigenvalue weighted by Gasteiger charge is 2.35. The molecule has 1 heterocycles. The summed E-state index contributed by atoms with van der Waals surface area (Å²) in [7, 11) is -3.40. The number of carbonyl (C=O) groups is 1. The summed E-state index contributed by atoms with van der Waals surface area (Å²) >= 11 is 0. The average molecular weight is 323 g/mol. The number of rotatable bonds is 2. The molecule has 1 amide bonds. The molecule has 9 heteroatoms. The van der Waals surface area contributed by atoms with Gasteiger partial charge in [0.2, 0.25) is 0 Å². The molecule has 0 saturated heterocycles. The van der Waals surface area contributed by atoms with Crippen molar-refractivity contribution < 1.29 is 30.8 Å². The van der Waals surface area contributed by atoms with Crippen LogP contribution in [0.3, 0.4) is 0 Å². The smallest absolute Gasteiger partial charge is 0.345 e. The number of halogens is 4. The fourth-order valence-corrected chi connectivity index (χ4v) is 3.04. The van der Waals surface area contributed by atoms with Crippen molar-refractivity contribution in [3.8, 4) is 0 Å². The molecule has 1 N–H and O–H groups in total. The third kappa shape index (κ3) is 3.60. The number of alkyl halides is 3. The largest absolute Gasteiger partial charge is 0.419 e. The molecule has 0 aromatic heterocycles. The van der Waals surface area contributed by atoms with Crippen molar-refractivity contribution in [3.63, 3.8) is 0 Å². The molecule has 1 aliphatic rings. The van der Waals surface area contributed by atoms with E-state index in [0.717, 1.165) is 11.5 Å². The zero-order valence-corrected chi connectivity index (χ0v) is 11.1. The maximum Gasteiger partial charge on any atom is 0.419 e. The summed E-state index contributed by atoms with van der Waals surface area (Å²) < 4.78 is 73.0. The number of benzene rings is 1. The summed E-state index contributed by atoms with van der Waals surface area (Å²) in [5, 5.41) is 3.17. The molecule has 1 unspecified atom stereocenters. The van der Waals surface area contributed by atoms with Crippen LogP contribution in [0.1, 0.15) is 15.9 Å². The van der Waals surface area contributed by atoms with Crippen molar-refractivity contribution in [2.24, 2.45) is 0 Å². The van der Waals surface area contributed by atoms with Gasteiger partial charge in [-0.1, -0.05) is 0 Å². The third-order valence-electron chi connectivity index (χ3n) is 2.78. The van der Waals surface area contributed by atoms with E-state index in [1.165, 1.54) is 6.08 Å². The van der Waals surface area contributed by atoms with Crippen molar-refractivity contribution in [2.45, 2.75) is 12.2 Å². The van der Waals surface area contributed by atoms with E-state index < -0.39 is 44.9 Å². The third-order valence-corrected chi connectivity index (χ3v) is 4.18. The minimum Gasteiger partial charge on any atom is -0.345 e. The number of nitrogens with one attached hydrogen (secondary N) is 1. The fourth-order valence-electron chi connectivity index (χ4n) is 1.80. The fraction of sp³-hybridized carbons (Fsp3) is 0.250. The molecule has 2 rings (SSSR count). The van der Waals surface area contributed by atoms with Crippen LogP contribution in [0.5, 0.6) is 0 Å². The van der Waals surface area contributed by atoms with Crippen LogP contribution in [0.15, 0.2) is 29.7 Å². The second-order valence-corrected chi connectivity index (χ2v) is 6.36. The molecular weight excluding hydrogens is 314 g/mol. The number of amides is 1. The predicted octanol–water partition coefficient (Wildman–Crippen LogP) is 1.89. The Morgan fingerprint density at radius 3 is 2.48 bits per heavy atom. The van der Waals surface area contributed by atoms with Crippen LogP contribution in [-0.2, 0) is 16.0 Å². The van der Waals surface area contributed by atoms with Crippen LogP contribution in [0.4, 0.5) is 17.6 Å². The molecule has 1 aliphatic heterocycles. The monoisotopic (exact) mass is 323 g/mol. The first-order valence-electron chi connectivity index (χ1n) is 5.67. The van der Waals surface area contributed by atoms with Crippen LogP contribution in [0.25, 0.3) is 0 Å². The van der Waals surface area contributed by atoms with Gasteiger partial charge >= 0.3 is 6.18 Å². The highest BCUT2D eigenvalue weighted by molar-refractivity contribution is 7.94. The molecule has 0 saturated carbocycles. The Hall–Kier alpha value is -1.90. The van der Waals surface area contributed by atoms with Gasteiger partial charge in [0.05, 0.1) is 17.4 Å². The van der Waals surface area contributed by atoms with Gasteiger partial charge in [-0.15, -0.1) is 0 Å². The molecule has 0 spiro atoms. The molecule has 114 valence electrons. The van der Waals surface area contributed by atoms with Crippen molar-refractivity contribution in [1.82, 2.24) is 5.32 Å². The first-order valence-corrected chi connectivity index (χ1v) is 7.38. The van der Waals surface area contributed by atoms with Gasteiger partial charge in [0.15, 0.2) is 9.84 Å². The van der Waals surface area contributed by atoms with Crippen LogP contribution in [0.2, 0.25) is 0 Å². The lowest BCUT2D eigenvalue weighted by molar-refractivity contribution is -0.140. The van der Waals surface area contributed by atoms with E-state index in [9.17, 15) is 30.8 Å². The maximum absolute atomic E-state index is 13.1. The van der Waals surface area contributed by atoms with E-state index in [2.05, 4.69) is 5.32 Å². The summed E-state index contributed by atoms with van der Waals surface area (Å²) in [5.41, 5.74) is -1.95. The van der Waals surface area contributed by atoms with Crippen molar-refractivity contribution in [2.75, 3.05) is 5.75 Å². The van der Waals surface area contributed by atoms with Crippen LogP contribution in [0, 0.1) is 5.82 Å². The lowest BCUT2D eigenvalue weighted by Gasteiger charge is -2.12. The normalized spacial score (nSPS) is 20.5.